The fraction of sp³-hybridized carbons (Fsp3) is 0.333. The van der Waals surface area contributed by atoms with Crippen LogP contribution in [0, 0.1) is 0 Å². The number of rotatable bonds is 3. The highest BCUT2D eigenvalue weighted by Gasteiger charge is 2.41. The van der Waals surface area contributed by atoms with Gasteiger partial charge in [-0.15, -0.1) is 0 Å². The van der Waals surface area contributed by atoms with E-state index < -0.39 is 29.9 Å². The zero-order valence-corrected chi connectivity index (χ0v) is 15.4. The third-order valence-corrected chi connectivity index (χ3v) is 5.03. The summed E-state index contributed by atoms with van der Waals surface area (Å²) < 4.78 is 51.1. The van der Waals surface area contributed by atoms with Crippen LogP contribution < -0.4 is 0 Å². The number of morpholine rings is 1. The predicted octanol–water partition coefficient (Wildman–Crippen LogP) is 4.29. The summed E-state index contributed by atoms with van der Waals surface area (Å²) >= 11 is 0. The predicted molar refractivity (Wildman–Crippen MR) is 98.7 cm³/mol. The van der Waals surface area contributed by atoms with Gasteiger partial charge in [0, 0.05) is 6.20 Å². The highest BCUT2D eigenvalue weighted by molar-refractivity contribution is 5.74. The van der Waals surface area contributed by atoms with E-state index in [9.17, 15) is 18.0 Å². The average molecular weight is 404 g/mol. The number of fused-ring (bicyclic) bond motifs is 2. The molecule has 0 N–H and O–H groups in total. The van der Waals surface area contributed by atoms with Crippen molar-refractivity contribution in [3.8, 4) is 0 Å². The molecule has 152 valence electrons. The minimum absolute atomic E-state index is 0.0887. The van der Waals surface area contributed by atoms with Gasteiger partial charge in [0.25, 0.3) is 0 Å². The molecular formula is C21H19F3N2O3. The molecule has 5 nitrogen and oxygen atoms in total. The maximum Gasteiger partial charge on any atom is 0.418 e. The maximum absolute atomic E-state index is 13.4. The molecule has 0 saturated carbocycles. The fourth-order valence-electron chi connectivity index (χ4n) is 3.74. The summed E-state index contributed by atoms with van der Waals surface area (Å²) in [6.45, 7) is 0.572. The third-order valence-electron chi connectivity index (χ3n) is 5.03. The number of carbonyl (C=O) groups is 1. The van der Waals surface area contributed by atoms with Crippen LogP contribution in [0.1, 0.15) is 23.2 Å². The van der Waals surface area contributed by atoms with Gasteiger partial charge in [0.05, 0.1) is 36.6 Å². The van der Waals surface area contributed by atoms with Crippen molar-refractivity contribution in [2.24, 2.45) is 0 Å². The summed E-state index contributed by atoms with van der Waals surface area (Å²) in [4.78, 5) is 18.2. The SMILES string of the molecule is O=C(OCc1ccccc1)N1C2C=C(c3ncccc3C(F)(F)F)CC1COC2. The van der Waals surface area contributed by atoms with E-state index in [0.717, 1.165) is 11.6 Å². The number of pyridine rings is 1. The van der Waals surface area contributed by atoms with E-state index >= 15 is 0 Å². The molecule has 3 heterocycles. The van der Waals surface area contributed by atoms with Gasteiger partial charge in [-0.25, -0.2) is 4.79 Å². The Labute approximate surface area is 165 Å². The van der Waals surface area contributed by atoms with Crippen LogP contribution in [0.25, 0.3) is 5.57 Å². The molecule has 1 saturated heterocycles. The molecule has 29 heavy (non-hydrogen) atoms. The highest BCUT2D eigenvalue weighted by Crippen LogP contribution is 2.38. The average Bonchev–Trinajstić information content (AvgIpc) is 2.71. The van der Waals surface area contributed by atoms with Crippen LogP contribution in [-0.2, 0) is 22.3 Å². The Balaban J connectivity index is 1.56. The second-order valence-electron chi connectivity index (χ2n) is 7.00. The number of hydrogen-bond donors (Lipinski definition) is 0. The molecule has 2 unspecified atom stereocenters. The highest BCUT2D eigenvalue weighted by atomic mass is 19.4. The van der Waals surface area contributed by atoms with Gasteiger partial charge in [0.2, 0.25) is 0 Å². The Morgan fingerprint density at radius 3 is 2.69 bits per heavy atom. The Kier molecular flexibility index (Phi) is 5.27. The van der Waals surface area contributed by atoms with Crippen molar-refractivity contribution < 1.29 is 27.4 Å². The van der Waals surface area contributed by atoms with Crippen molar-refractivity contribution in [2.45, 2.75) is 31.3 Å². The zero-order valence-electron chi connectivity index (χ0n) is 15.4. The summed E-state index contributed by atoms with van der Waals surface area (Å²) in [6, 6.07) is 10.7. The molecule has 1 amide bonds. The lowest BCUT2D eigenvalue weighted by Gasteiger charge is -2.43. The van der Waals surface area contributed by atoms with Gasteiger partial charge in [-0.2, -0.15) is 13.2 Å². The van der Waals surface area contributed by atoms with Gasteiger partial charge in [-0.1, -0.05) is 36.4 Å². The van der Waals surface area contributed by atoms with Crippen molar-refractivity contribution in [1.82, 2.24) is 9.88 Å². The van der Waals surface area contributed by atoms with Crippen LogP contribution >= 0.6 is 0 Å². The summed E-state index contributed by atoms with van der Waals surface area (Å²) in [5.41, 5.74) is 0.474. The summed E-state index contributed by atoms with van der Waals surface area (Å²) in [5.74, 6) is 0. The van der Waals surface area contributed by atoms with Gasteiger partial charge in [-0.3, -0.25) is 9.88 Å². The van der Waals surface area contributed by atoms with E-state index in [1.165, 1.54) is 12.3 Å². The van der Waals surface area contributed by atoms with Gasteiger partial charge in [-0.05, 0) is 29.7 Å². The van der Waals surface area contributed by atoms with Crippen LogP contribution in [0.4, 0.5) is 18.0 Å². The fourth-order valence-corrected chi connectivity index (χ4v) is 3.74. The van der Waals surface area contributed by atoms with Crippen molar-refractivity contribution >= 4 is 11.7 Å². The number of nitrogens with zero attached hydrogens (tertiary/aromatic N) is 2. The van der Waals surface area contributed by atoms with Gasteiger partial charge in [0.1, 0.15) is 6.61 Å². The van der Waals surface area contributed by atoms with Crippen LogP contribution in [0.15, 0.2) is 54.7 Å². The van der Waals surface area contributed by atoms with E-state index in [-0.39, 0.29) is 31.9 Å². The first kappa shape index (κ1) is 19.4. The van der Waals surface area contributed by atoms with Crippen LogP contribution in [0.2, 0.25) is 0 Å². The molecule has 1 aromatic heterocycles. The summed E-state index contributed by atoms with van der Waals surface area (Å²) in [7, 11) is 0. The number of aromatic nitrogens is 1. The molecule has 2 aliphatic rings. The van der Waals surface area contributed by atoms with Gasteiger partial charge in [0.15, 0.2) is 0 Å². The first-order valence-corrected chi connectivity index (χ1v) is 9.23. The van der Waals surface area contributed by atoms with E-state index in [4.69, 9.17) is 9.47 Å². The van der Waals surface area contributed by atoms with Crippen LogP contribution in [0.5, 0.6) is 0 Å². The standard InChI is InChI=1S/C21H19F3N2O3/c22-21(23,24)18-7-4-8-25-19(18)15-9-16-12-28-13-17(10-15)26(16)20(27)29-11-14-5-2-1-3-6-14/h1-9,16-17H,10-13H2. The van der Waals surface area contributed by atoms with Crippen molar-refractivity contribution in [3.63, 3.8) is 0 Å². The molecule has 2 aromatic rings. The number of halogens is 3. The van der Waals surface area contributed by atoms with Crippen molar-refractivity contribution in [3.05, 3.63) is 71.6 Å². The molecule has 0 aliphatic carbocycles. The van der Waals surface area contributed by atoms with E-state index in [1.54, 1.807) is 11.0 Å². The Bertz CT molecular complexity index is 915. The largest absolute Gasteiger partial charge is 0.445 e. The minimum Gasteiger partial charge on any atom is -0.445 e. The Hall–Kier alpha value is -2.87. The molecular weight excluding hydrogens is 385 g/mol. The molecule has 2 aliphatic heterocycles. The van der Waals surface area contributed by atoms with Gasteiger partial charge < -0.3 is 9.47 Å². The zero-order chi connectivity index (χ0) is 20.4. The molecule has 4 rings (SSSR count). The first-order valence-electron chi connectivity index (χ1n) is 9.23. The smallest absolute Gasteiger partial charge is 0.418 e. The van der Waals surface area contributed by atoms with Gasteiger partial charge >= 0.3 is 12.3 Å². The lowest BCUT2D eigenvalue weighted by molar-refractivity contribution is -0.138. The normalized spacial score (nSPS) is 21.5. The number of carbonyl (C=O) groups excluding carboxylic acids is 1. The summed E-state index contributed by atoms with van der Waals surface area (Å²) in [6.07, 6.45) is -1.80. The number of hydrogen-bond acceptors (Lipinski definition) is 4. The lowest BCUT2D eigenvalue weighted by Crippen LogP contribution is -2.56. The minimum atomic E-state index is -4.50. The number of ether oxygens (including phenoxy) is 2. The number of benzene rings is 1. The molecule has 1 aromatic carbocycles. The maximum atomic E-state index is 13.4. The monoisotopic (exact) mass is 404 g/mol. The molecule has 1 fully saturated rings. The van der Waals surface area contributed by atoms with E-state index in [1.807, 2.05) is 30.3 Å². The lowest BCUT2D eigenvalue weighted by atomic mass is 9.90. The molecule has 2 bridgehead atoms. The second kappa shape index (κ2) is 7.87. The Morgan fingerprint density at radius 1 is 1.17 bits per heavy atom. The second-order valence-corrected chi connectivity index (χ2v) is 7.00. The third kappa shape index (κ3) is 4.12. The molecule has 0 spiro atoms. The quantitative estimate of drug-likeness (QED) is 0.766. The number of amides is 1. The van der Waals surface area contributed by atoms with E-state index in [2.05, 4.69) is 4.98 Å². The number of alkyl halides is 3. The van der Waals surface area contributed by atoms with Crippen LogP contribution in [-0.4, -0.2) is 41.3 Å². The molecule has 0 radical (unpaired) electrons. The first-order chi connectivity index (χ1) is 13.9. The topological polar surface area (TPSA) is 51.7 Å². The molecule has 8 heteroatoms. The van der Waals surface area contributed by atoms with Crippen molar-refractivity contribution in [1.29, 1.82) is 0 Å². The van der Waals surface area contributed by atoms with Crippen molar-refractivity contribution in [2.75, 3.05) is 13.2 Å². The molecule has 2 atom stereocenters. The van der Waals surface area contributed by atoms with Crippen LogP contribution in [0.3, 0.4) is 0 Å². The Morgan fingerprint density at radius 2 is 1.97 bits per heavy atom. The summed E-state index contributed by atoms with van der Waals surface area (Å²) in [5, 5.41) is 0. The van der Waals surface area contributed by atoms with E-state index in [0.29, 0.717) is 5.57 Å².